The Labute approximate surface area is 203 Å². The number of likely N-dealkylation sites (tertiary alicyclic amines) is 1. The fourth-order valence-electron chi connectivity index (χ4n) is 4.26. The number of halogens is 1. The van der Waals surface area contributed by atoms with Gasteiger partial charge in [-0.15, -0.1) is 24.0 Å². The molecular formula is C22H39IN6O2. The molecule has 1 amide bonds. The first-order valence-corrected chi connectivity index (χ1v) is 11.6. The molecule has 0 spiro atoms. The van der Waals surface area contributed by atoms with E-state index >= 15 is 0 Å². The molecule has 1 N–H and O–H groups in total. The Morgan fingerprint density at radius 2 is 1.77 bits per heavy atom. The molecule has 8 nitrogen and oxygen atoms in total. The lowest BCUT2D eigenvalue weighted by atomic mass is 9.99. The molecule has 31 heavy (non-hydrogen) atoms. The second kappa shape index (κ2) is 13.2. The van der Waals surface area contributed by atoms with Crippen LogP contribution in [0, 0.1) is 0 Å². The Balaban J connectivity index is 0.00000341. The number of hydrogen-bond donors (Lipinski definition) is 1. The van der Waals surface area contributed by atoms with Crippen molar-refractivity contribution in [2.45, 2.75) is 58.9 Å². The third kappa shape index (κ3) is 7.34. The third-order valence-electron chi connectivity index (χ3n) is 6.19. The maximum Gasteiger partial charge on any atom is 0.236 e. The fraction of sp³-hybridized carbons (Fsp3) is 0.773. The van der Waals surface area contributed by atoms with Crippen LogP contribution >= 0.6 is 24.0 Å². The number of nitrogens with zero attached hydrogens (tertiary/aromatic N) is 5. The van der Waals surface area contributed by atoms with Crippen LogP contribution in [-0.2, 0) is 11.3 Å². The molecule has 3 rings (SSSR count). The van der Waals surface area contributed by atoms with Crippen LogP contribution in [0.2, 0.25) is 0 Å². The van der Waals surface area contributed by atoms with E-state index in [2.05, 4.69) is 41.0 Å². The van der Waals surface area contributed by atoms with E-state index in [9.17, 15) is 4.79 Å². The number of piperazine rings is 1. The summed E-state index contributed by atoms with van der Waals surface area (Å²) in [5.41, 5.74) is 1.03. The second-order valence-corrected chi connectivity index (χ2v) is 8.25. The normalized spacial score (nSPS) is 17.9. The van der Waals surface area contributed by atoms with Gasteiger partial charge in [0.1, 0.15) is 6.54 Å². The van der Waals surface area contributed by atoms with Crippen LogP contribution < -0.4 is 5.32 Å². The number of rotatable bonds is 8. The molecule has 2 aliphatic rings. The van der Waals surface area contributed by atoms with Crippen LogP contribution in [0.1, 0.15) is 63.8 Å². The molecule has 2 aliphatic heterocycles. The van der Waals surface area contributed by atoms with Gasteiger partial charge in [0.05, 0.1) is 12.2 Å². The van der Waals surface area contributed by atoms with E-state index in [1.54, 1.807) is 0 Å². The molecule has 0 aliphatic carbocycles. The number of hydrogen-bond acceptors (Lipinski definition) is 5. The maximum atomic E-state index is 12.4. The molecule has 0 bridgehead atoms. The van der Waals surface area contributed by atoms with E-state index in [1.165, 1.54) is 0 Å². The predicted octanol–water partition coefficient (Wildman–Crippen LogP) is 2.90. The van der Waals surface area contributed by atoms with E-state index in [4.69, 9.17) is 9.52 Å². The van der Waals surface area contributed by atoms with E-state index in [-0.39, 0.29) is 29.9 Å². The summed E-state index contributed by atoms with van der Waals surface area (Å²) in [5, 5.41) is 7.64. The number of aliphatic imine (C=N–C) groups is 1. The number of nitrogens with one attached hydrogen (secondary N) is 1. The van der Waals surface area contributed by atoms with Crippen LogP contribution in [0.3, 0.4) is 0 Å². The summed E-state index contributed by atoms with van der Waals surface area (Å²) in [6.07, 6.45) is 4.43. The topological polar surface area (TPSA) is 77.2 Å². The van der Waals surface area contributed by atoms with Crippen molar-refractivity contribution in [2.24, 2.45) is 4.99 Å². The molecule has 0 saturated carbocycles. The van der Waals surface area contributed by atoms with Crippen molar-refractivity contribution in [3.05, 3.63) is 17.5 Å². The average molecular weight is 546 g/mol. The van der Waals surface area contributed by atoms with Crippen molar-refractivity contribution in [3.8, 4) is 0 Å². The lowest BCUT2D eigenvalue weighted by molar-refractivity contribution is -0.131. The van der Waals surface area contributed by atoms with E-state index in [0.717, 1.165) is 88.9 Å². The van der Waals surface area contributed by atoms with Crippen molar-refractivity contribution >= 4 is 35.8 Å². The smallest absolute Gasteiger partial charge is 0.236 e. The molecule has 3 heterocycles. The van der Waals surface area contributed by atoms with Gasteiger partial charge in [0.2, 0.25) is 5.91 Å². The van der Waals surface area contributed by atoms with Crippen molar-refractivity contribution in [1.82, 2.24) is 25.2 Å². The molecule has 9 heteroatoms. The highest BCUT2D eigenvalue weighted by Gasteiger charge is 2.24. The highest BCUT2D eigenvalue weighted by Crippen LogP contribution is 2.22. The van der Waals surface area contributed by atoms with Crippen LogP contribution in [0.15, 0.2) is 15.6 Å². The number of carbonyl (C=O) groups excluding carboxylic acids is 1. The first-order valence-electron chi connectivity index (χ1n) is 11.6. The zero-order valence-electron chi connectivity index (χ0n) is 19.3. The summed E-state index contributed by atoms with van der Waals surface area (Å²) in [6, 6.07) is 2.05. The van der Waals surface area contributed by atoms with E-state index in [1.807, 2.05) is 11.0 Å². The van der Waals surface area contributed by atoms with Gasteiger partial charge in [-0.1, -0.05) is 19.0 Å². The summed E-state index contributed by atoms with van der Waals surface area (Å²) in [6.45, 7) is 13.7. The van der Waals surface area contributed by atoms with Gasteiger partial charge < -0.3 is 19.6 Å². The molecule has 2 fully saturated rings. The van der Waals surface area contributed by atoms with Gasteiger partial charge in [-0.05, 0) is 32.6 Å². The minimum absolute atomic E-state index is 0. The highest BCUT2D eigenvalue weighted by atomic mass is 127. The summed E-state index contributed by atoms with van der Waals surface area (Å²) < 4.78 is 5.52. The monoisotopic (exact) mass is 546 g/mol. The van der Waals surface area contributed by atoms with Crippen LogP contribution in [0.4, 0.5) is 0 Å². The molecule has 2 saturated heterocycles. The highest BCUT2D eigenvalue weighted by molar-refractivity contribution is 14.0. The summed E-state index contributed by atoms with van der Waals surface area (Å²) in [5.74, 6) is 2.45. The lowest BCUT2D eigenvalue weighted by Gasteiger charge is -2.36. The largest absolute Gasteiger partial charge is 0.359 e. The Hall–Kier alpha value is -1.36. The van der Waals surface area contributed by atoms with Crippen molar-refractivity contribution in [1.29, 1.82) is 0 Å². The zero-order chi connectivity index (χ0) is 21.3. The Kier molecular flexibility index (Phi) is 11.1. The van der Waals surface area contributed by atoms with Crippen LogP contribution in [0.25, 0.3) is 0 Å². The molecular weight excluding hydrogens is 507 g/mol. The van der Waals surface area contributed by atoms with Crippen molar-refractivity contribution in [2.75, 3.05) is 52.4 Å². The quantitative estimate of drug-likeness (QED) is 0.307. The SMILES string of the molecule is CCNC(=NCc1cc(C(CC)CC)no1)N1CCN(CC(=O)N2CCCC2)CC1.I. The predicted molar refractivity (Wildman–Crippen MR) is 134 cm³/mol. The number of amides is 1. The van der Waals surface area contributed by atoms with E-state index < -0.39 is 0 Å². The van der Waals surface area contributed by atoms with Gasteiger partial charge in [0.25, 0.3) is 0 Å². The Morgan fingerprint density at radius 3 is 2.39 bits per heavy atom. The minimum atomic E-state index is 0. The molecule has 0 unspecified atom stereocenters. The van der Waals surface area contributed by atoms with Gasteiger partial charge in [-0.25, -0.2) is 4.99 Å². The van der Waals surface area contributed by atoms with Crippen molar-refractivity contribution < 1.29 is 9.32 Å². The van der Waals surface area contributed by atoms with Crippen molar-refractivity contribution in [3.63, 3.8) is 0 Å². The molecule has 0 atom stereocenters. The zero-order valence-corrected chi connectivity index (χ0v) is 21.6. The van der Waals surface area contributed by atoms with Gasteiger partial charge in [-0.3, -0.25) is 9.69 Å². The lowest BCUT2D eigenvalue weighted by Crippen LogP contribution is -2.54. The first kappa shape index (κ1) is 25.9. The molecule has 0 aromatic carbocycles. The molecule has 1 aromatic rings. The third-order valence-corrected chi connectivity index (χ3v) is 6.19. The average Bonchev–Trinajstić information content (AvgIpc) is 3.45. The standard InChI is InChI=1S/C22H38N6O2.HI/c1-4-18(5-2)20-15-19(30-25-20)16-24-22(23-6-3)28-13-11-26(12-14-28)17-21(29)27-9-7-8-10-27;/h15,18H,4-14,16-17H2,1-3H3,(H,23,24);1H. The van der Waals surface area contributed by atoms with Crippen LogP contribution in [0.5, 0.6) is 0 Å². The molecule has 0 radical (unpaired) electrons. The Bertz CT molecular complexity index is 692. The number of aromatic nitrogens is 1. The summed E-state index contributed by atoms with van der Waals surface area (Å²) in [7, 11) is 0. The molecule has 176 valence electrons. The summed E-state index contributed by atoms with van der Waals surface area (Å²) >= 11 is 0. The Morgan fingerprint density at radius 1 is 1.10 bits per heavy atom. The number of guanidine groups is 1. The maximum absolute atomic E-state index is 12.4. The van der Waals surface area contributed by atoms with E-state index in [0.29, 0.717) is 19.0 Å². The summed E-state index contributed by atoms with van der Waals surface area (Å²) in [4.78, 5) is 23.7. The van der Waals surface area contributed by atoms with Gasteiger partial charge in [-0.2, -0.15) is 0 Å². The first-order chi connectivity index (χ1) is 14.6. The fourth-order valence-corrected chi connectivity index (χ4v) is 4.26. The van der Waals surface area contributed by atoms with Crippen LogP contribution in [-0.4, -0.2) is 84.1 Å². The van der Waals surface area contributed by atoms with Gasteiger partial charge in [0, 0.05) is 57.8 Å². The van der Waals surface area contributed by atoms with Gasteiger partial charge in [0.15, 0.2) is 11.7 Å². The van der Waals surface area contributed by atoms with Gasteiger partial charge >= 0.3 is 0 Å². The molecule has 1 aromatic heterocycles. The number of carbonyl (C=O) groups is 1. The second-order valence-electron chi connectivity index (χ2n) is 8.25. The minimum Gasteiger partial charge on any atom is -0.359 e.